The first-order chi connectivity index (χ1) is 13.3. The predicted molar refractivity (Wildman–Crippen MR) is 96.3 cm³/mol. The number of nitrogens with one attached hydrogen (secondary N) is 1. The molecule has 0 atom stereocenters. The number of aromatic nitrogens is 1. The van der Waals surface area contributed by atoms with Gasteiger partial charge in [0, 0.05) is 22.7 Å². The van der Waals surface area contributed by atoms with E-state index in [-0.39, 0.29) is 39.0 Å². The molecule has 0 radical (unpaired) electrons. The average Bonchev–Trinajstić information content (AvgIpc) is 2.60. The maximum absolute atomic E-state index is 13.2. The Morgan fingerprint density at radius 1 is 0.931 bits per heavy atom. The molecule has 0 saturated carbocycles. The maximum Gasteiger partial charge on any atom is 0.416 e. The number of aromatic amines is 1. The Morgan fingerprint density at radius 3 is 1.97 bits per heavy atom. The number of ether oxygens (including phenoxy) is 1. The summed E-state index contributed by atoms with van der Waals surface area (Å²) in [6, 6.07) is 3.71. The fraction of sp³-hybridized carbons (Fsp3) is 0.211. The molecule has 0 unspecified atom stereocenters. The summed E-state index contributed by atoms with van der Waals surface area (Å²) < 4.78 is 84.0. The molecule has 0 aliphatic heterocycles. The van der Waals surface area contributed by atoms with E-state index < -0.39 is 34.5 Å². The molecule has 1 aromatic heterocycles. The van der Waals surface area contributed by atoms with Crippen molar-refractivity contribution in [2.45, 2.75) is 19.3 Å². The summed E-state index contributed by atoms with van der Waals surface area (Å²) in [6.07, 6.45) is -10.0. The number of benzene rings is 2. The second-order valence-electron chi connectivity index (χ2n) is 6.28. The number of fused-ring (bicyclic) bond motifs is 1. The molecule has 154 valence electrons. The molecule has 1 heterocycles. The molecular formula is C19H12ClF6NO2. The van der Waals surface area contributed by atoms with Gasteiger partial charge in [0.2, 0.25) is 0 Å². The number of hydrogen-bond acceptors (Lipinski definition) is 2. The van der Waals surface area contributed by atoms with E-state index in [9.17, 15) is 31.1 Å². The number of aryl methyl sites for hydroxylation is 1. The van der Waals surface area contributed by atoms with Gasteiger partial charge in [0.1, 0.15) is 5.75 Å². The number of alkyl halides is 6. The van der Waals surface area contributed by atoms with Gasteiger partial charge in [0.15, 0.2) is 5.43 Å². The molecule has 3 rings (SSSR count). The van der Waals surface area contributed by atoms with E-state index in [2.05, 4.69) is 4.98 Å². The van der Waals surface area contributed by atoms with Crippen molar-refractivity contribution in [1.82, 2.24) is 4.98 Å². The van der Waals surface area contributed by atoms with Crippen LogP contribution in [0.1, 0.15) is 16.8 Å². The van der Waals surface area contributed by atoms with Gasteiger partial charge in [0.05, 0.1) is 28.8 Å². The van der Waals surface area contributed by atoms with E-state index in [1.807, 2.05) is 0 Å². The van der Waals surface area contributed by atoms with Crippen LogP contribution in [0.25, 0.3) is 22.0 Å². The summed E-state index contributed by atoms with van der Waals surface area (Å²) in [5.41, 5.74) is -4.20. The van der Waals surface area contributed by atoms with Crippen molar-refractivity contribution in [2.24, 2.45) is 0 Å². The highest BCUT2D eigenvalue weighted by Gasteiger charge is 2.37. The van der Waals surface area contributed by atoms with E-state index in [1.165, 1.54) is 26.2 Å². The third-order valence-corrected chi connectivity index (χ3v) is 4.63. The molecule has 2 aromatic carbocycles. The van der Waals surface area contributed by atoms with E-state index >= 15 is 0 Å². The first kappa shape index (κ1) is 21.0. The fourth-order valence-corrected chi connectivity index (χ4v) is 3.26. The lowest BCUT2D eigenvalue weighted by Crippen LogP contribution is -2.14. The lowest BCUT2D eigenvalue weighted by atomic mass is 9.96. The fourth-order valence-electron chi connectivity index (χ4n) is 3.02. The highest BCUT2D eigenvalue weighted by molar-refractivity contribution is 6.32. The van der Waals surface area contributed by atoms with Crippen LogP contribution >= 0.6 is 11.6 Å². The molecule has 0 spiro atoms. The zero-order valence-corrected chi connectivity index (χ0v) is 15.6. The zero-order chi connectivity index (χ0) is 21.7. The van der Waals surface area contributed by atoms with Crippen LogP contribution in [0.4, 0.5) is 26.3 Å². The summed E-state index contributed by atoms with van der Waals surface area (Å²) in [5, 5.41) is 0.0719. The van der Waals surface area contributed by atoms with Crippen molar-refractivity contribution >= 4 is 22.5 Å². The van der Waals surface area contributed by atoms with Crippen LogP contribution in [0.2, 0.25) is 5.02 Å². The van der Waals surface area contributed by atoms with Crippen LogP contribution in [0.3, 0.4) is 0 Å². The first-order valence-corrected chi connectivity index (χ1v) is 8.40. The number of hydrogen-bond donors (Lipinski definition) is 1. The third-order valence-electron chi connectivity index (χ3n) is 4.34. The summed E-state index contributed by atoms with van der Waals surface area (Å²) in [6.45, 7) is 1.38. The normalized spacial score (nSPS) is 12.4. The molecule has 0 saturated heterocycles. The monoisotopic (exact) mass is 435 g/mol. The van der Waals surface area contributed by atoms with Crippen LogP contribution < -0.4 is 10.2 Å². The second kappa shape index (κ2) is 6.98. The lowest BCUT2D eigenvalue weighted by Gasteiger charge is -2.16. The summed E-state index contributed by atoms with van der Waals surface area (Å²) in [7, 11) is 1.35. The van der Waals surface area contributed by atoms with E-state index in [4.69, 9.17) is 16.3 Å². The van der Waals surface area contributed by atoms with Gasteiger partial charge in [-0.1, -0.05) is 11.6 Å². The summed E-state index contributed by atoms with van der Waals surface area (Å²) in [4.78, 5) is 15.8. The number of pyridine rings is 1. The average molecular weight is 436 g/mol. The largest absolute Gasteiger partial charge is 0.495 e. The van der Waals surface area contributed by atoms with E-state index in [0.717, 1.165) is 0 Å². The van der Waals surface area contributed by atoms with Crippen molar-refractivity contribution < 1.29 is 31.1 Å². The Bertz CT molecular complexity index is 1130. The standard InChI is InChI=1S/C19H12ClF6NO2/c1-8-16(17(28)12-6-13(20)15(29-2)7-14(12)27-8)9-3-10(18(21,22)23)5-11(4-9)19(24,25)26/h3-7H,1-2H3,(H,27,28). The van der Waals surface area contributed by atoms with Gasteiger partial charge in [-0.3, -0.25) is 4.79 Å². The quantitative estimate of drug-likeness (QED) is 0.487. The molecule has 3 aromatic rings. The van der Waals surface area contributed by atoms with Gasteiger partial charge in [-0.15, -0.1) is 0 Å². The molecule has 0 aliphatic carbocycles. The van der Waals surface area contributed by atoms with Crippen molar-refractivity contribution in [1.29, 1.82) is 0 Å². The Hall–Kier alpha value is -2.68. The third kappa shape index (κ3) is 3.91. The highest BCUT2D eigenvalue weighted by Crippen LogP contribution is 2.39. The Balaban J connectivity index is 2.37. The molecule has 10 heteroatoms. The van der Waals surface area contributed by atoms with Crippen LogP contribution in [-0.2, 0) is 12.4 Å². The number of methoxy groups -OCH3 is 1. The zero-order valence-electron chi connectivity index (χ0n) is 14.8. The van der Waals surface area contributed by atoms with Crippen molar-refractivity contribution in [3.8, 4) is 16.9 Å². The van der Waals surface area contributed by atoms with E-state index in [1.54, 1.807) is 0 Å². The number of halogens is 7. The summed E-state index contributed by atoms with van der Waals surface area (Å²) in [5.74, 6) is 0.250. The minimum absolute atomic E-state index is 0.00219. The minimum atomic E-state index is -5.02. The molecule has 0 fully saturated rings. The molecule has 1 N–H and O–H groups in total. The van der Waals surface area contributed by atoms with Gasteiger partial charge >= 0.3 is 12.4 Å². The lowest BCUT2D eigenvalue weighted by molar-refractivity contribution is -0.143. The van der Waals surface area contributed by atoms with Crippen LogP contribution in [0.15, 0.2) is 35.1 Å². The Labute approximate surface area is 164 Å². The molecular weight excluding hydrogens is 424 g/mol. The number of rotatable bonds is 2. The SMILES string of the molecule is COc1cc2[nH]c(C)c(-c3cc(C(F)(F)F)cc(C(F)(F)F)c3)c(=O)c2cc1Cl. The van der Waals surface area contributed by atoms with Crippen molar-refractivity contribution in [2.75, 3.05) is 7.11 Å². The summed E-state index contributed by atoms with van der Waals surface area (Å²) >= 11 is 6.01. The minimum Gasteiger partial charge on any atom is -0.495 e. The Kier molecular flexibility index (Phi) is 5.06. The van der Waals surface area contributed by atoms with Gasteiger partial charge < -0.3 is 9.72 Å². The maximum atomic E-state index is 13.2. The van der Waals surface area contributed by atoms with Crippen molar-refractivity contribution in [3.05, 3.63) is 62.4 Å². The molecule has 0 amide bonds. The van der Waals surface area contributed by atoms with Gasteiger partial charge in [0.25, 0.3) is 0 Å². The number of H-pyrrole nitrogens is 1. The van der Waals surface area contributed by atoms with Gasteiger partial charge in [-0.05, 0) is 36.8 Å². The van der Waals surface area contributed by atoms with Gasteiger partial charge in [-0.25, -0.2) is 0 Å². The molecule has 0 bridgehead atoms. The van der Waals surface area contributed by atoms with Crippen LogP contribution in [0.5, 0.6) is 5.75 Å². The topological polar surface area (TPSA) is 42.1 Å². The molecule has 3 nitrogen and oxygen atoms in total. The molecule has 0 aliphatic rings. The molecule has 29 heavy (non-hydrogen) atoms. The van der Waals surface area contributed by atoms with Crippen LogP contribution in [0, 0.1) is 6.92 Å². The van der Waals surface area contributed by atoms with Crippen LogP contribution in [-0.4, -0.2) is 12.1 Å². The first-order valence-electron chi connectivity index (χ1n) is 8.03. The predicted octanol–water partition coefficient (Wildman–Crippen LogP) is 6.20. The smallest absolute Gasteiger partial charge is 0.416 e. The van der Waals surface area contributed by atoms with Gasteiger partial charge in [-0.2, -0.15) is 26.3 Å². The van der Waals surface area contributed by atoms with Crippen molar-refractivity contribution in [3.63, 3.8) is 0 Å². The van der Waals surface area contributed by atoms with E-state index in [0.29, 0.717) is 12.1 Å². The second-order valence-corrected chi connectivity index (χ2v) is 6.69. The Morgan fingerprint density at radius 2 is 1.48 bits per heavy atom. The highest BCUT2D eigenvalue weighted by atomic mass is 35.5.